The number of carbonyl (C=O) groups is 3. The first kappa shape index (κ1) is 39.4. The van der Waals surface area contributed by atoms with Gasteiger partial charge in [-0.2, -0.15) is 0 Å². The van der Waals surface area contributed by atoms with Crippen LogP contribution in [0.4, 0.5) is 4.79 Å². The Balaban J connectivity index is 0.000000284. The van der Waals surface area contributed by atoms with E-state index in [9.17, 15) is 29.7 Å². The number of nitrogens with one attached hydrogen (secondary N) is 1. The largest absolute Gasteiger partial charge is 0.480 e. The Labute approximate surface area is 282 Å². The van der Waals surface area contributed by atoms with E-state index in [-0.39, 0.29) is 48.1 Å². The van der Waals surface area contributed by atoms with Gasteiger partial charge in [0.2, 0.25) is 0 Å². The molecule has 4 saturated heterocycles. The van der Waals surface area contributed by atoms with Crippen LogP contribution in [0, 0.1) is 11.8 Å². The van der Waals surface area contributed by atoms with Crippen molar-refractivity contribution in [2.45, 2.75) is 154 Å². The Morgan fingerprint density at radius 1 is 0.681 bits per heavy atom. The molecule has 272 valence electrons. The number of hydrogen-bond acceptors (Lipinski definition) is 10. The highest BCUT2D eigenvalue weighted by Crippen LogP contribution is 2.36. The van der Waals surface area contributed by atoms with Crippen LogP contribution >= 0.6 is 0 Å². The summed E-state index contributed by atoms with van der Waals surface area (Å²) in [6.07, 6.45) is 4.62. The molecule has 4 heterocycles. The van der Waals surface area contributed by atoms with E-state index in [1.807, 2.05) is 55.4 Å². The van der Waals surface area contributed by atoms with Gasteiger partial charge in [-0.3, -0.25) is 19.4 Å². The minimum Gasteiger partial charge on any atom is -0.480 e. The number of piperidine rings is 2. The number of carboxylic acid groups (broad SMARTS) is 1. The van der Waals surface area contributed by atoms with Gasteiger partial charge in [0, 0.05) is 43.6 Å². The van der Waals surface area contributed by atoms with E-state index in [1.54, 1.807) is 18.7 Å². The summed E-state index contributed by atoms with van der Waals surface area (Å²) in [4.78, 5) is 42.6. The summed E-state index contributed by atoms with van der Waals surface area (Å²) in [6, 6.07) is -0.473. The van der Waals surface area contributed by atoms with Crippen molar-refractivity contribution in [3.8, 4) is 0 Å². The number of amides is 1. The topological polar surface area (TPSA) is 152 Å². The number of nitrogens with zero attached hydrogens (tertiary/aromatic N) is 3. The summed E-state index contributed by atoms with van der Waals surface area (Å²) >= 11 is 0. The lowest BCUT2D eigenvalue weighted by Crippen LogP contribution is -2.60. The molecule has 0 saturated carbocycles. The Morgan fingerprint density at radius 2 is 1.19 bits per heavy atom. The van der Waals surface area contributed by atoms with Gasteiger partial charge in [-0.15, -0.1) is 0 Å². The fraction of sp³-hybridized carbons (Fsp3) is 0.914. The molecule has 4 unspecified atom stereocenters. The van der Waals surface area contributed by atoms with Crippen LogP contribution in [0.2, 0.25) is 0 Å². The normalized spacial score (nSPS) is 30.0. The number of ether oxygens (including phenoxy) is 2. The van der Waals surface area contributed by atoms with Gasteiger partial charge >= 0.3 is 18.0 Å². The fourth-order valence-electron chi connectivity index (χ4n) is 7.75. The van der Waals surface area contributed by atoms with E-state index in [4.69, 9.17) is 9.47 Å². The van der Waals surface area contributed by atoms with Crippen LogP contribution in [-0.2, 0) is 19.1 Å². The summed E-state index contributed by atoms with van der Waals surface area (Å²) in [5, 5.41) is 33.8. The number of aliphatic hydroxyl groups is 2. The molecule has 0 aromatic rings. The molecule has 0 aliphatic carbocycles. The van der Waals surface area contributed by atoms with Crippen molar-refractivity contribution in [2.75, 3.05) is 39.3 Å². The van der Waals surface area contributed by atoms with Crippen molar-refractivity contribution in [3.63, 3.8) is 0 Å². The standard InChI is InChI=1S/C22H40N2O5.C13H24N2O3/c1-20(2,3)28-18(25)17-10-9-12-24(17)16-11-13-23(14-15(16)22(7,8)27)19(26)29-21(4,5)6;1-13(2,18)9-8-14-6-5-10(9)15-7-3-4-11(15)12(16)17/h15-17,27H,9-14H2,1-8H3;9-11,14,18H,3-8H2,1-2H3,(H,16,17)/t15?,16?,17-;9?,10?,11-/m00/s1. The Bertz CT molecular complexity index is 1070. The van der Waals surface area contributed by atoms with Crippen molar-refractivity contribution in [1.29, 1.82) is 0 Å². The molecule has 6 atom stereocenters. The van der Waals surface area contributed by atoms with E-state index in [1.165, 1.54) is 0 Å². The quantitative estimate of drug-likeness (QED) is 0.308. The van der Waals surface area contributed by atoms with E-state index in [0.717, 1.165) is 58.3 Å². The molecule has 4 aliphatic heterocycles. The van der Waals surface area contributed by atoms with Crippen molar-refractivity contribution in [3.05, 3.63) is 0 Å². The van der Waals surface area contributed by atoms with Crippen molar-refractivity contribution < 1.29 is 39.2 Å². The first-order valence-electron chi connectivity index (χ1n) is 17.6. The van der Waals surface area contributed by atoms with Crippen LogP contribution in [0.1, 0.15) is 108 Å². The van der Waals surface area contributed by atoms with Gasteiger partial charge in [0.1, 0.15) is 23.3 Å². The van der Waals surface area contributed by atoms with E-state index in [0.29, 0.717) is 19.5 Å². The van der Waals surface area contributed by atoms with Gasteiger partial charge in [0.25, 0.3) is 0 Å². The molecule has 47 heavy (non-hydrogen) atoms. The zero-order valence-electron chi connectivity index (χ0n) is 30.7. The third-order valence-corrected chi connectivity index (χ3v) is 9.89. The van der Waals surface area contributed by atoms with Crippen LogP contribution in [0.5, 0.6) is 0 Å². The van der Waals surface area contributed by atoms with Gasteiger partial charge in [0.15, 0.2) is 0 Å². The molecule has 1 amide bonds. The van der Waals surface area contributed by atoms with Crippen molar-refractivity contribution >= 4 is 18.0 Å². The molecule has 0 bridgehead atoms. The third kappa shape index (κ3) is 11.0. The second kappa shape index (κ2) is 15.3. The molecule has 0 radical (unpaired) electrons. The minimum absolute atomic E-state index is 0.00806. The van der Waals surface area contributed by atoms with Gasteiger partial charge in [-0.25, -0.2) is 4.79 Å². The first-order chi connectivity index (χ1) is 21.5. The van der Waals surface area contributed by atoms with Gasteiger partial charge in [-0.05, 0) is 127 Å². The number of rotatable bonds is 6. The maximum absolute atomic E-state index is 12.8. The number of aliphatic carboxylic acids is 1. The van der Waals surface area contributed by atoms with Gasteiger partial charge < -0.3 is 35.0 Å². The van der Waals surface area contributed by atoms with Crippen LogP contribution < -0.4 is 5.32 Å². The molecule has 12 heteroatoms. The maximum atomic E-state index is 12.8. The summed E-state index contributed by atoms with van der Waals surface area (Å²) in [5.41, 5.74) is -2.86. The lowest BCUT2D eigenvalue weighted by Gasteiger charge is -2.48. The number of carboxylic acids is 1. The highest BCUT2D eigenvalue weighted by Gasteiger charge is 2.48. The second-order valence-electron chi connectivity index (χ2n) is 17.0. The average Bonchev–Trinajstić information content (AvgIpc) is 3.61. The molecule has 4 aliphatic rings. The van der Waals surface area contributed by atoms with E-state index in [2.05, 4.69) is 15.1 Å². The highest BCUT2D eigenvalue weighted by molar-refractivity contribution is 5.76. The zero-order chi connectivity index (χ0) is 35.5. The molecular weight excluding hydrogens is 604 g/mol. The van der Waals surface area contributed by atoms with Crippen LogP contribution in [-0.4, -0.2) is 134 Å². The summed E-state index contributed by atoms with van der Waals surface area (Å²) in [5.74, 6) is -1.02. The van der Waals surface area contributed by atoms with E-state index < -0.39 is 28.4 Å². The fourth-order valence-corrected chi connectivity index (χ4v) is 7.75. The van der Waals surface area contributed by atoms with Crippen molar-refractivity contribution in [1.82, 2.24) is 20.0 Å². The summed E-state index contributed by atoms with van der Waals surface area (Å²) < 4.78 is 11.2. The first-order valence-corrected chi connectivity index (χ1v) is 17.6. The SMILES string of the molecule is CC(C)(C)OC(=O)[C@@H]1CCCN1C1CCN(C(=O)OC(C)(C)C)CC1C(C)(C)O.CC(C)(O)C1CNCCC1N1CCC[C@H]1C(=O)O. The molecule has 0 aromatic carbocycles. The maximum Gasteiger partial charge on any atom is 0.410 e. The Kier molecular flexibility index (Phi) is 12.8. The van der Waals surface area contributed by atoms with Crippen LogP contribution in [0.25, 0.3) is 0 Å². The van der Waals surface area contributed by atoms with Gasteiger partial charge in [0.05, 0.1) is 11.2 Å². The molecule has 4 fully saturated rings. The monoisotopic (exact) mass is 668 g/mol. The number of carbonyl (C=O) groups excluding carboxylic acids is 2. The number of esters is 1. The molecule has 0 aromatic heterocycles. The zero-order valence-corrected chi connectivity index (χ0v) is 30.7. The smallest absolute Gasteiger partial charge is 0.410 e. The molecule has 12 nitrogen and oxygen atoms in total. The van der Waals surface area contributed by atoms with Crippen LogP contribution in [0.15, 0.2) is 0 Å². The third-order valence-electron chi connectivity index (χ3n) is 9.89. The molecule has 0 spiro atoms. The minimum atomic E-state index is -0.994. The highest BCUT2D eigenvalue weighted by atomic mass is 16.6. The summed E-state index contributed by atoms with van der Waals surface area (Å²) in [6.45, 7) is 22.6. The predicted octanol–water partition coefficient (Wildman–Crippen LogP) is 3.47. The van der Waals surface area contributed by atoms with Crippen LogP contribution in [0.3, 0.4) is 0 Å². The predicted molar refractivity (Wildman–Crippen MR) is 180 cm³/mol. The van der Waals surface area contributed by atoms with Crippen molar-refractivity contribution in [2.24, 2.45) is 11.8 Å². The number of likely N-dealkylation sites (tertiary alicyclic amines) is 3. The summed E-state index contributed by atoms with van der Waals surface area (Å²) in [7, 11) is 0. The molecular formula is C35H64N4O8. The lowest BCUT2D eigenvalue weighted by molar-refractivity contribution is -0.163. The lowest BCUT2D eigenvalue weighted by atomic mass is 9.79. The Morgan fingerprint density at radius 3 is 1.70 bits per heavy atom. The second-order valence-corrected chi connectivity index (χ2v) is 17.0. The molecule has 4 N–H and O–H groups in total. The molecule has 4 rings (SSSR count). The average molecular weight is 669 g/mol. The Hall–Kier alpha value is -1.99. The van der Waals surface area contributed by atoms with Gasteiger partial charge in [-0.1, -0.05) is 0 Å². The number of hydrogen-bond donors (Lipinski definition) is 4. The van der Waals surface area contributed by atoms with E-state index >= 15 is 0 Å².